The van der Waals surface area contributed by atoms with E-state index in [0.717, 1.165) is 41.3 Å². The molecule has 2 aromatic heterocycles. The van der Waals surface area contributed by atoms with Crippen LogP contribution in [0, 0.1) is 6.92 Å². The summed E-state index contributed by atoms with van der Waals surface area (Å²) in [7, 11) is 0. The highest BCUT2D eigenvalue weighted by molar-refractivity contribution is 5.76. The van der Waals surface area contributed by atoms with Crippen LogP contribution in [0.25, 0.3) is 22.6 Å². The van der Waals surface area contributed by atoms with Gasteiger partial charge in [0.1, 0.15) is 5.82 Å². The summed E-state index contributed by atoms with van der Waals surface area (Å²) < 4.78 is 0. The maximum absolute atomic E-state index is 4.58. The van der Waals surface area contributed by atoms with Gasteiger partial charge in [0.25, 0.3) is 0 Å². The Morgan fingerprint density at radius 2 is 1.89 bits per heavy atom. The first-order valence-electron chi connectivity index (χ1n) is 6.46. The second-order valence-corrected chi connectivity index (χ2v) is 5.00. The lowest BCUT2D eigenvalue weighted by atomic mass is 10.1. The number of aromatic amines is 1. The number of nitrogens with one attached hydrogen (secondary N) is 2. The van der Waals surface area contributed by atoms with Crippen LogP contribution in [-0.4, -0.2) is 15.0 Å². The Morgan fingerprint density at radius 1 is 1.00 bits per heavy atom. The molecular weight excluding hydrogens is 236 g/mol. The van der Waals surface area contributed by atoms with Crippen molar-refractivity contribution in [2.24, 2.45) is 0 Å². The molecule has 0 unspecified atom stereocenters. The molecule has 94 valence electrons. The van der Waals surface area contributed by atoms with Crippen molar-refractivity contribution in [2.75, 3.05) is 0 Å². The topological polar surface area (TPSA) is 53.6 Å². The zero-order valence-electron chi connectivity index (χ0n) is 10.7. The first-order valence-corrected chi connectivity index (χ1v) is 6.46. The van der Waals surface area contributed by atoms with E-state index < -0.39 is 0 Å². The van der Waals surface area contributed by atoms with E-state index in [1.54, 1.807) is 0 Å². The molecule has 1 aliphatic heterocycles. The lowest BCUT2D eigenvalue weighted by molar-refractivity contribution is 0.765. The smallest absolute Gasteiger partial charge is 0.178 e. The molecule has 0 atom stereocenters. The van der Waals surface area contributed by atoms with E-state index in [0.29, 0.717) is 0 Å². The monoisotopic (exact) mass is 250 g/mol. The summed E-state index contributed by atoms with van der Waals surface area (Å²) in [5.41, 5.74) is 6.63. The highest BCUT2D eigenvalue weighted by Gasteiger charge is 2.12. The van der Waals surface area contributed by atoms with E-state index in [1.807, 2.05) is 19.1 Å². The second-order valence-electron chi connectivity index (χ2n) is 5.00. The van der Waals surface area contributed by atoms with Crippen LogP contribution < -0.4 is 5.32 Å². The van der Waals surface area contributed by atoms with Crippen molar-refractivity contribution < 1.29 is 0 Å². The van der Waals surface area contributed by atoms with E-state index >= 15 is 0 Å². The molecule has 19 heavy (non-hydrogen) atoms. The van der Waals surface area contributed by atoms with E-state index in [4.69, 9.17) is 0 Å². The highest BCUT2D eigenvalue weighted by Crippen LogP contribution is 2.24. The average Bonchev–Trinajstić information content (AvgIpc) is 3.02. The molecule has 0 bridgehead atoms. The van der Waals surface area contributed by atoms with Crippen molar-refractivity contribution in [1.29, 1.82) is 0 Å². The van der Waals surface area contributed by atoms with Gasteiger partial charge in [0, 0.05) is 24.3 Å². The van der Waals surface area contributed by atoms with E-state index in [-0.39, 0.29) is 0 Å². The van der Waals surface area contributed by atoms with E-state index in [1.165, 1.54) is 11.1 Å². The fourth-order valence-electron chi connectivity index (χ4n) is 2.57. The first-order chi connectivity index (χ1) is 9.29. The van der Waals surface area contributed by atoms with Crippen LogP contribution in [0.2, 0.25) is 0 Å². The number of aryl methyl sites for hydroxylation is 1. The third-order valence-corrected chi connectivity index (χ3v) is 3.60. The number of hydrogen-bond acceptors (Lipinski definition) is 3. The lowest BCUT2D eigenvalue weighted by Crippen LogP contribution is -1.99. The van der Waals surface area contributed by atoms with Crippen LogP contribution in [0.15, 0.2) is 30.3 Å². The normalized spacial score (nSPS) is 13.9. The van der Waals surface area contributed by atoms with E-state index in [9.17, 15) is 0 Å². The molecule has 0 amide bonds. The minimum Gasteiger partial charge on any atom is -0.337 e. The molecule has 3 heterocycles. The number of aromatic nitrogens is 3. The van der Waals surface area contributed by atoms with Crippen LogP contribution in [0.5, 0.6) is 0 Å². The van der Waals surface area contributed by atoms with Crippen molar-refractivity contribution >= 4 is 11.2 Å². The fourth-order valence-corrected chi connectivity index (χ4v) is 2.57. The highest BCUT2D eigenvalue weighted by atomic mass is 15.0. The zero-order chi connectivity index (χ0) is 12.8. The predicted molar refractivity (Wildman–Crippen MR) is 74.6 cm³/mol. The zero-order valence-corrected chi connectivity index (χ0v) is 10.7. The van der Waals surface area contributed by atoms with Gasteiger partial charge < -0.3 is 10.3 Å². The first kappa shape index (κ1) is 10.7. The van der Waals surface area contributed by atoms with Gasteiger partial charge in [-0.3, -0.25) is 0 Å². The maximum Gasteiger partial charge on any atom is 0.178 e. The van der Waals surface area contributed by atoms with Gasteiger partial charge >= 0.3 is 0 Å². The summed E-state index contributed by atoms with van der Waals surface area (Å²) in [6.07, 6.45) is 0. The van der Waals surface area contributed by atoms with Crippen molar-refractivity contribution in [3.63, 3.8) is 0 Å². The quantitative estimate of drug-likeness (QED) is 0.698. The summed E-state index contributed by atoms with van der Waals surface area (Å²) in [4.78, 5) is 12.4. The Kier molecular flexibility index (Phi) is 2.19. The molecule has 0 spiro atoms. The van der Waals surface area contributed by atoms with Crippen LogP contribution in [0.4, 0.5) is 0 Å². The lowest BCUT2D eigenvalue weighted by Gasteiger charge is -2.00. The molecule has 4 heteroatoms. The summed E-state index contributed by atoms with van der Waals surface area (Å²) >= 11 is 0. The van der Waals surface area contributed by atoms with Crippen molar-refractivity contribution in [3.05, 3.63) is 47.2 Å². The number of benzene rings is 1. The Bertz CT molecular complexity index is 773. The number of pyridine rings is 1. The maximum atomic E-state index is 4.58. The molecule has 0 saturated heterocycles. The molecule has 0 fully saturated rings. The molecule has 4 rings (SSSR count). The van der Waals surface area contributed by atoms with Crippen LogP contribution in [-0.2, 0) is 13.1 Å². The molecule has 2 N–H and O–H groups in total. The van der Waals surface area contributed by atoms with Gasteiger partial charge in [0.15, 0.2) is 5.65 Å². The SMILES string of the molecule is Cc1ccc2[nH]c(-c3ccc4c(c3)CNC4)nc2n1. The number of H-pyrrole nitrogens is 1. The molecule has 0 aliphatic carbocycles. The Labute approximate surface area is 110 Å². The molecule has 4 nitrogen and oxygen atoms in total. The molecular formula is C15H14N4. The number of fused-ring (bicyclic) bond motifs is 2. The summed E-state index contributed by atoms with van der Waals surface area (Å²) in [5.74, 6) is 0.891. The standard InChI is InChI=1S/C15H14N4/c1-9-2-5-13-15(17-9)19-14(18-13)10-3-4-11-7-16-8-12(11)6-10/h2-6,16H,7-8H2,1H3,(H,17,18,19). The number of hydrogen-bond donors (Lipinski definition) is 2. The molecule has 1 aromatic carbocycles. The molecule has 3 aromatic rings. The van der Waals surface area contributed by atoms with Gasteiger partial charge in [-0.15, -0.1) is 0 Å². The number of nitrogens with zero attached hydrogens (tertiary/aromatic N) is 2. The molecule has 0 saturated carbocycles. The van der Waals surface area contributed by atoms with Crippen LogP contribution >= 0.6 is 0 Å². The molecule has 1 aliphatic rings. The Morgan fingerprint density at radius 3 is 2.84 bits per heavy atom. The van der Waals surface area contributed by atoms with Crippen molar-refractivity contribution in [2.45, 2.75) is 20.0 Å². The van der Waals surface area contributed by atoms with Gasteiger partial charge in [-0.1, -0.05) is 12.1 Å². The van der Waals surface area contributed by atoms with Crippen molar-refractivity contribution in [3.8, 4) is 11.4 Å². The third kappa shape index (κ3) is 1.72. The Balaban J connectivity index is 1.85. The largest absolute Gasteiger partial charge is 0.337 e. The minimum atomic E-state index is 0.786. The predicted octanol–water partition coefficient (Wildman–Crippen LogP) is 2.54. The van der Waals surface area contributed by atoms with Crippen molar-refractivity contribution in [1.82, 2.24) is 20.3 Å². The molecule has 0 radical (unpaired) electrons. The van der Waals surface area contributed by atoms with Crippen LogP contribution in [0.3, 0.4) is 0 Å². The van der Waals surface area contributed by atoms with Gasteiger partial charge in [-0.2, -0.15) is 0 Å². The second kappa shape index (κ2) is 3.90. The Hall–Kier alpha value is -2.20. The van der Waals surface area contributed by atoms with Gasteiger partial charge in [0.05, 0.1) is 5.52 Å². The summed E-state index contributed by atoms with van der Waals surface area (Å²) in [6, 6.07) is 10.5. The fraction of sp³-hybridized carbons (Fsp3) is 0.200. The van der Waals surface area contributed by atoms with E-state index in [2.05, 4.69) is 38.5 Å². The van der Waals surface area contributed by atoms with Gasteiger partial charge in [-0.25, -0.2) is 9.97 Å². The number of imidazole rings is 1. The van der Waals surface area contributed by atoms with Crippen LogP contribution in [0.1, 0.15) is 16.8 Å². The van der Waals surface area contributed by atoms with Gasteiger partial charge in [-0.05, 0) is 36.2 Å². The summed E-state index contributed by atoms with van der Waals surface area (Å²) in [6.45, 7) is 3.89. The number of rotatable bonds is 1. The minimum absolute atomic E-state index is 0.786. The van der Waals surface area contributed by atoms with Gasteiger partial charge in [0.2, 0.25) is 0 Å². The average molecular weight is 250 g/mol. The summed E-state index contributed by atoms with van der Waals surface area (Å²) in [5, 5.41) is 3.36. The third-order valence-electron chi connectivity index (χ3n) is 3.60.